The van der Waals surface area contributed by atoms with Crippen LogP contribution >= 0.6 is 0 Å². The summed E-state index contributed by atoms with van der Waals surface area (Å²) in [5.41, 5.74) is -0.471. The molecule has 0 spiro atoms. The van der Waals surface area contributed by atoms with E-state index in [1.54, 1.807) is 4.90 Å². The normalized spacial score (nSPS) is 22.4. The Morgan fingerprint density at radius 3 is 2.44 bits per heavy atom. The number of rotatable bonds is 2. The van der Waals surface area contributed by atoms with E-state index >= 15 is 0 Å². The average Bonchev–Trinajstić information content (AvgIpc) is 2.25. The topological polar surface area (TPSA) is 53.0 Å². The summed E-state index contributed by atoms with van der Waals surface area (Å²) in [6.45, 7) is 11.8. The van der Waals surface area contributed by atoms with Crippen LogP contribution in [0.3, 0.4) is 0 Å². The molecule has 1 rings (SSSR count). The van der Waals surface area contributed by atoms with Gasteiger partial charge in [-0.05, 0) is 34.6 Å². The van der Waals surface area contributed by atoms with Crippen molar-refractivity contribution in [3.05, 3.63) is 0 Å². The third kappa shape index (κ3) is 4.14. The maximum absolute atomic E-state index is 12.0. The van der Waals surface area contributed by atoms with Crippen LogP contribution in [0.15, 0.2) is 0 Å². The van der Waals surface area contributed by atoms with Gasteiger partial charge in [-0.25, -0.2) is 4.79 Å². The van der Waals surface area contributed by atoms with Crippen LogP contribution in [0.2, 0.25) is 0 Å². The highest BCUT2D eigenvalue weighted by Crippen LogP contribution is 2.16. The van der Waals surface area contributed by atoms with E-state index in [1.165, 1.54) is 0 Å². The maximum atomic E-state index is 12.0. The second-order valence-electron chi connectivity index (χ2n) is 6.09. The lowest BCUT2D eigenvalue weighted by Crippen LogP contribution is -2.58. The van der Waals surface area contributed by atoms with Crippen LogP contribution in [0.25, 0.3) is 0 Å². The summed E-state index contributed by atoms with van der Waals surface area (Å²) in [5, 5.41) is 9.42. The van der Waals surface area contributed by atoms with Gasteiger partial charge in [0.25, 0.3) is 0 Å². The van der Waals surface area contributed by atoms with Gasteiger partial charge < -0.3 is 14.7 Å². The highest BCUT2D eigenvalue weighted by molar-refractivity contribution is 5.68. The first-order valence-corrected chi connectivity index (χ1v) is 6.59. The molecule has 1 aliphatic heterocycles. The Bertz CT molecular complexity index is 286. The highest BCUT2D eigenvalue weighted by Gasteiger charge is 2.32. The third-order valence-electron chi connectivity index (χ3n) is 3.05. The molecule has 5 heteroatoms. The zero-order valence-corrected chi connectivity index (χ0v) is 12.1. The van der Waals surface area contributed by atoms with Gasteiger partial charge in [0.05, 0.1) is 12.6 Å². The van der Waals surface area contributed by atoms with Crippen molar-refractivity contribution in [2.75, 3.05) is 26.2 Å². The minimum Gasteiger partial charge on any atom is -0.444 e. The van der Waals surface area contributed by atoms with E-state index < -0.39 is 5.60 Å². The van der Waals surface area contributed by atoms with Crippen LogP contribution in [0, 0.1) is 0 Å². The predicted octanol–water partition coefficient (Wildman–Crippen LogP) is 1.31. The van der Waals surface area contributed by atoms with Crippen molar-refractivity contribution >= 4 is 6.09 Å². The van der Waals surface area contributed by atoms with E-state index in [0.29, 0.717) is 19.1 Å². The summed E-state index contributed by atoms with van der Waals surface area (Å²) in [7, 11) is 0. The monoisotopic (exact) mass is 258 g/mol. The average molecular weight is 258 g/mol. The number of nitrogens with zero attached hydrogens (tertiary/aromatic N) is 2. The summed E-state index contributed by atoms with van der Waals surface area (Å²) >= 11 is 0. The molecule has 0 aromatic carbocycles. The Hall–Kier alpha value is -0.810. The molecular formula is C13H26N2O3. The fraction of sp³-hybridized carbons (Fsp3) is 0.923. The number of aliphatic hydroxyl groups excluding tert-OH is 1. The number of piperazine rings is 1. The Kier molecular flexibility index (Phi) is 4.99. The second-order valence-corrected chi connectivity index (χ2v) is 6.09. The molecule has 1 unspecified atom stereocenters. The van der Waals surface area contributed by atoms with Gasteiger partial charge in [0, 0.05) is 25.7 Å². The second kappa shape index (κ2) is 5.89. The molecule has 0 aromatic rings. The van der Waals surface area contributed by atoms with Gasteiger partial charge in [-0.15, -0.1) is 0 Å². The van der Waals surface area contributed by atoms with Crippen molar-refractivity contribution < 1.29 is 14.6 Å². The molecule has 0 radical (unpaired) electrons. The molecule has 0 saturated carbocycles. The molecule has 1 fully saturated rings. The number of carbonyl (C=O) groups is 1. The van der Waals surface area contributed by atoms with Crippen molar-refractivity contribution in [2.45, 2.75) is 52.3 Å². The number of hydrogen-bond donors (Lipinski definition) is 1. The number of aliphatic hydroxyl groups is 1. The van der Waals surface area contributed by atoms with Gasteiger partial charge >= 0.3 is 6.09 Å². The number of ether oxygens (including phenoxy) is 1. The summed E-state index contributed by atoms with van der Waals surface area (Å²) in [4.78, 5) is 15.9. The standard InChI is InChI=1S/C13H26N2O3/c1-10(2)15-7-6-14(8-11(15)9-16)12(17)18-13(3,4)5/h10-11,16H,6-9H2,1-5H3. The Morgan fingerprint density at radius 2 is 2.00 bits per heavy atom. The van der Waals surface area contributed by atoms with Crippen molar-refractivity contribution in [1.29, 1.82) is 0 Å². The summed E-state index contributed by atoms with van der Waals surface area (Å²) in [6.07, 6.45) is -0.288. The Labute approximate surface area is 110 Å². The molecule has 1 aliphatic rings. The van der Waals surface area contributed by atoms with Crippen LogP contribution in [0.1, 0.15) is 34.6 Å². The van der Waals surface area contributed by atoms with E-state index in [2.05, 4.69) is 18.7 Å². The molecule has 18 heavy (non-hydrogen) atoms. The fourth-order valence-corrected chi connectivity index (χ4v) is 2.20. The Balaban J connectivity index is 2.60. The smallest absolute Gasteiger partial charge is 0.410 e. The maximum Gasteiger partial charge on any atom is 0.410 e. The number of amides is 1. The minimum absolute atomic E-state index is 0.00580. The lowest BCUT2D eigenvalue weighted by atomic mass is 10.1. The number of hydrogen-bond acceptors (Lipinski definition) is 4. The molecule has 1 amide bonds. The summed E-state index contributed by atoms with van der Waals surface area (Å²) in [5.74, 6) is 0. The van der Waals surface area contributed by atoms with Crippen molar-refractivity contribution in [2.24, 2.45) is 0 Å². The molecular weight excluding hydrogens is 232 g/mol. The molecule has 1 N–H and O–H groups in total. The predicted molar refractivity (Wildman–Crippen MR) is 70.5 cm³/mol. The van der Waals surface area contributed by atoms with E-state index in [1.807, 2.05) is 20.8 Å². The zero-order chi connectivity index (χ0) is 13.9. The molecule has 1 saturated heterocycles. The van der Waals surface area contributed by atoms with E-state index in [4.69, 9.17) is 4.74 Å². The first-order chi connectivity index (χ1) is 8.24. The van der Waals surface area contributed by atoms with Gasteiger partial charge in [0.15, 0.2) is 0 Å². The Morgan fingerprint density at radius 1 is 1.39 bits per heavy atom. The lowest BCUT2D eigenvalue weighted by Gasteiger charge is -2.42. The molecule has 0 aliphatic carbocycles. The minimum atomic E-state index is -0.471. The highest BCUT2D eigenvalue weighted by atomic mass is 16.6. The van der Waals surface area contributed by atoms with E-state index in [0.717, 1.165) is 6.54 Å². The summed E-state index contributed by atoms with van der Waals surface area (Å²) in [6, 6.07) is 0.384. The quantitative estimate of drug-likeness (QED) is 0.811. The molecule has 106 valence electrons. The van der Waals surface area contributed by atoms with Gasteiger partial charge in [0.1, 0.15) is 5.60 Å². The number of carbonyl (C=O) groups excluding carboxylic acids is 1. The largest absolute Gasteiger partial charge is 0.444 e. The lowest BCUT2D eigenvalue weighted by molar-refractivity contribution is -0.0116. The van der Waals surface area contributed by atoms with E-state index in [-0.39, 0.29) is 18.7 Å². The van der Waals surface area contributed by atoms with Gasteiger partial charge in [-0.3, -0.25) is 4.90 Å². The van der Waals surface area contributed by atoms with Crippen LogP contribution in [-0.4, -0.2) is 64.9 Å². The van der Waals surface area contributed by atoms with Crippen LogP contribution in [-0.2, 0) is 4.74 Å². The first-order valence-electron chi connectivity index (χ1n) is 6.59. The van der Waals surface area contributed by atoms with Gasteiger partial charge in [-0.2, -0.15) is 0 Å². The van der Waals surface area contributed by atoms with Crippen molar-refractivity contribution in [3.8, 4) is 0 Å². The fourth-order valence-electron chi connectivity index (χ4n) is 2.20. The van der Waals surface area contributed by atoms with Crippen LogP contribution < -0.4 is 0 Å². The summed E-state index contributed by atoms with van der Waals surface area (Å²) < 4.78 is 5.35. The molecule has 1 atom stereocenters. The van der Waals surface area contributed by atoms with Gasteiger partial charge in [-0.1, -0.05) is 0 Å². The van der Waals surface area contributed by atoms with Crippen molar-refractivity contribution in [1.82, 2.24) is 9.80 Å². The molecule has 0 aromatic heterocycles. The SMILES string of the molecule is CC(C)N1CCN(C(=O)OC(C)(C)C)CC1CO. The molecule has 5 nitrogen and oxygen atoms in total. The van der Waals surface area contributed by atoms with Crippen LogP contribution in [0.4, 0.5) is 4.79 Å². The molecule has 0 bridgehead atoms. The zero-order valence-electron chi connectivity index (χ0n) is 12.1. The van der Waals surface area contributed by atoms with Crippen LogP contribution in [0.5, 0.6) is 0 Å². The first kappa shape index (κ1) is 15.2. The van der Waals surface area contributed by atoms with E-state index in [9.17, 15) is 9.90 Å². The third-order valence-corrected chi connectivity index (χ3v) is 3.05. The molecule has 1 heterocycles. The van der Waals surface area contributed by atoms with Crippen molar-refractivity contribution in [3.63, 3.8) is 0 Å². The van der Waals surface area contributed by atoms with Gasteiger partial charge in [0.2, 0.25) is 0 Å².